The van der Waals surface area contributed by atoms with Crippen LogP contribution in [0.2, 0.25) is 0 Å². The Hall–Kier alpha value is -4.53. The van der Waals surface area contributed by atoms with Gasteiger partial charge in [0.25, 0.3) is 5.91 Å². The Morgan fingerprint density at radius 3 is 2.41 bits per heavy atom. The van der Waals surface area contributed by atoms with Gasteiger partial charge < -0.3 is 29.6 Å². The number of nitrogens with zero attached hydrogens (tertiary/aromatic N) is 4. The third-order valence-electron chi connectivity index (χ3n) is 6.62. The van der Waals surface area contributed by atoms with Crippen LogP contribution in [0.1, 0.15) is 28.4 Å². The summed E-state index contributed by atoms with van der Waals surface area (Å²) in [4.78, 5) is 23.9. The molecule has 2 aromatic heterocycles. The monoisotopic (exact) mass is 624 g/mol. The van der Waals surface area contributed by atoms with Crippen molar-refractivity contribution in [1.29, 1.82) is 0 Å². The van der Waals surface area contributed by atoms with Gasteiger partial charge in [-0.1, -0.05) is 18.2 Å². The second-order valence-electron chi connectivity index (χ2n) is 10.1. The molecule has 0 fully saturated rings. The highest BCUT2D eigenvalue weighted by Gasteiger charge is 2.57. The Morgan fingerprint density at radius 2 is 1.75 bits per heavy atom. The maximum Gasteiger partial charge on any atom is 0.404 e. The van der Waals surface area contributed by atoms with Gasteiger partial charge >= 0.3 is 12.4 Å². The number of rotatable bonds is 11. The number of fused-ring (bicyclic) bond motifs is 1. The van der Waals surface area contributed by atoms with Gasteiger partial charge in [-0.15, -0.1) is 0 Å². The summed E-state index contributed by atoms with van der Waals surface area (Å²) >= 11 is 0. The number of benzene rings is 2. The summed E-state index contributed by atoms with van der Waals surface area (Å²) in [6, 6.07) is 10.4. The topological polar surface area (TPSA) is 93.5 Å². The van der Waals surface area contributed by atoms with Gasteiger partial charge in [-0.05, 0) is 56.9 Å². The molecule has 4 rings (SSSR count). The lowest BCUT2D eigenvalue weighted by atomic mass is 9.97. The van der Waals surface area contributed by atoms with Crippen LogP contribution >= 0.6 is 0 Å². The number of aromatic nitrogens is 3. The summed E-state index contributed by atoms with van der Waals surface area (Å²) < 4.78 is 92.8. The summed E-state index contributed by atoms with van der Waals surface area (Å²) in [7, 11) is 6.69. The molecule has 0 aliphatic rings. The first-order valence-corrected chi connectivity index (χ1v) is 13.3. The number of alkyl halides is 6. The predicted octanol–water partition coefficient (Wildman–Crippen LogP) is 6.59. The average Bonchev–Trinajstić information content (AvgIpc) is 3.27. The summed E-state index contributed by atoms with van der Waals surface area (Å²) in [5, 5.41) is 6.11. The van der Waals surface area contributed by atoms with E-state index in [1.54, 1.807) is 31.3 Å². The number of hydrogen-bond donors (Lipinski definition) is 2. The molecule has 0 spiro atoms. The second kappa shape index (κ2) is 13.0. The first kappa shape index (κ1) is 32.4. The maximum atomic E-state index is 13.4. The van der Waals surface area contributed by atoms with E-state index in [1.165, 1.54) is 23.9 Å². The fraction of sp³-hybridized carbons (Fsp3) is 0.345. The molecule has 0 saturated heterocycles. The number of carbonyl (C=O) groups is 1. The van der Waals surface area contributed by atoms with Crippen LogP contribution in [0.4, 0.5) is 38.0 Å². The van der Waals surface area contributed by atoms with E-state index in [9.17, 15) is 31.1 Å². The molecule has 0 bridgehead atoms. The molecule has 0 aliphatic heterocycles. The van der Waals surface area contributed by atoms with Crippen LogP contribution in [0, 0.1) is 0 Å². The van der Waals surface area contributed by atoms with Crippen LogP contribution in [-0.2, 0) is 7.05 Å². The minimum atomic E-state index is -5.60. The van der Waals surface area contributed by atoms with E-state index in [0.717, 1.165) is 19.0 Å². The molecule has 236 valence electrons. The van der Waals surface area contributed by atoms with Crippen LogP contribution in [0.15, 0.2) is 54.7 Å². The van der Waals surface area contributed by atoms with Crippen LogP contribution < -0.4 is 20.1 Å². The van der Waals surface area contributed by atoms with Crippen molar-refractivity contribution >= 4 is 28.4 Å². The van der Waals surface area contributed by atoms with Crippen molar-refractivity contribution < 1.29 is 40.6 Å². The van der Waals surface area contributed by atoms with Crippen molar-refractivity contribution in [3.8, 4) is 17.4 Å². The molecule has 4 aromatic rings. The van der Waals surface area contributed by atoms with Gasteiger partial charge in [0.15, 0.2) is 11.7 Å². The van der Waals surface area contributed by atoms with E-state index in [1.807, 2.05) is 14.1 Å². The fourth-order valence-electron chi connectivity index (χ4n) is 4.62. The van der Waals surface area contributed by atoms with Gasteiger partial charge in [0, 0.05) is 31.2 Å². The number of hydrogen-bond acceptors (Lipinski definition) is 7. The van der Waals surface area contributed by atoms with E-state index in [4.69, 9.17) is 9.47 Å². The molecule has 0 radical (unpaired) electrons. The number of anilines is 2. The second-order valence-corrected chi connectivity index (χ2v) is 10.1. The minimum absolute atomic E-state index is 0.0534. The Labute approximate surface area is 248 Å². The first-order chi connectivity index (χ1) is 20.7. The predicted molar refractivity (Wildman–Crippen MR) is 152 cm³/mol. The molecule has 1 amide bonds. The lowest BCUT2D eigenvalue weighted by Crippen LogP contribution is -2.34. The van der Waals surface area contributed by atoms with Crippen LogP contribution in [-0.4, -0.2) is 72.0 Å². The number of ether oxygens (including phenoxy) is 2. The smallest absolute Gasteiger partial charge is 0.404 e. The highest BCUT2D eigenvalue weighted by atomic mass is 19.4. The van der Waals surface area contributed by atoms with Crippen molar-refractivity contribution in [2.24, 2.45) is 7.05 Å². The molecule has 0 saturated carbocycles. The molecular weight excluding hydrogens is 594 g/mol. The normalized spacial score (nSPS) is 12.2. The zero-order chi connectivity index (χ0) is 32.2. The summed E-state index contributed by atoms with van der Waals surface area (Å²) in [6.45, 7) is 1.53. The molecule has 44 heavy (non-hydrogen) atoms. The largest absolute Gasteiger partial charge is 0.495 e. The van der Waals surface area contributed by atoms with Crippen LogP contribution in [0.25, 0.3) is 10.9 Å². The van der Waals surface area contributed by atoms with Crippen LogP contribution in [0.3, 0.4) is 0 Å². The zero-order valence-electron chi connectivity index (χ0n) is 24.2. The van der Waals surface area contributed by atoms with Crippen molar-refractivity contribution in [3.63, 3.8) is 0 Å². The number of carbonyl (C=O) groups excluding carboxylic acids is 1. The first-order valence-electron chi connectivity index (χ1n) is 13.3. The highest BCUT2D eigenvalue weighted by Crippen LogP contribution is 2.47. The van der Waals surface area contributed by atoms with E-state index >= 15 is 0 Å². The molecule has 2 N–H and O–H groups in total. The lowest BCUT2D eigenvalue weighted by molar-refractivity contribution is -0.253. The minimum Gasteiger partial charge on any atom is -0.495 e. The standard InChI is InChI=1S/C29H30F6N6O3/c1-40(2)14-6-12-36-27-37-13-11-23(39-27)44-22-8-5-7-17-16-20(41(3)24(17)22)26(42)38-19-15-18(9-10-21(19)43-4)25(28(30,31)32)29(33,34)35/h5,7-11,13,15-16,25H,6,12,14H2,1-4H3,(H,38,42)(H,36,37,39). The molecule has 2 aromatic carbocycles. The van der Waals surface area contributed by atoms with Gasteiger partial charge in [-0.3, -0.25) is 4.79 Å². The third-order valence-corrected chi connectivity index (χ3v) is 6.62. The van der Waals surface area contributed by atoms with Gasteiger partial charge in [0.1, 0.15) is 11.4 Å². The lowest BCUT2D eigenvalue weighted by Gasteiger charge is -2.24. The summed E-state index contributed by atoms with van der Waals surface area (Å²) in [5.41, 5.74) is -0.906. The van der Waals surface area contributed by atoms with Crippen LogP contribution in [0.5, 0.6) is 17.4 Å². The van der Waals surface area contributed by atoms with Gasteiger partial charge in [-0.25, -0.2) is 4.98 Å². The Morgan fingerprint density at radius 1 is 1.02 bits per heavy atom. The quantitative estimate of drug-likeness (QED) is 0.144. The van der Waals surface area contributed by atoms with E-state index in [-0.39, 0.29) is 23.0 Å². The van der Waals surface area contributed by atoms with Crippen molar-refractivity contribution in [2.75, 3.05) is 44.9 Å². The summed E-state index contributed by atoms with van der Waals surface area (Å²) in [6.07, 6.45) is -8.81. The zero-order valence-corrected chi connectivity index (χ0v) is 24.2. The maximum absolute atomic E-state index is 13.4. The van der Waals surface area contributed by atoms with E-state index in [0.29, 0.717) is 41.3 Å². The highest BCUT2D eigenvalue weighted by molar-refractivity contribution is 6.07. The summed E-state index contributed by atoms with van der Waals surface area (Å²) in [5.74, 6) is -3.71. The SMILES string of the molecule is COc1ccc(C(C(F)(F)F)C(F)(F)F)cc1NC(=O)c1cc2cccc(Oc3ccnc(NCCCN(C)C)n3)c2n1C. The third kappa shape index (κ3) is 7.51. The Bertz CT molecular complexity index is 1610. The number of aryl methyl sites for hydroxylation is 1. The van der Waals surface area contributed by atoms with E-state index < -0.39 is 29.7 Å². The van der Waals surface area contributed by atoms with Crippen molar-refractivity contribution in [1.82, 2.24) is 19.4 Å². The Balaban J connectivity index is 1.60. The molecule has 15 heteroatoms. The van der Waals surface area contributed by atoms with Crippen molar-refractivity contribution in [2.45, 2.75) is 24.7 Å². The molecule has 0 atom stereocenters. The molecule has 0 unspecified atom stereocenters. The van der Waals surface area contributed by atoms with Crippen molar-refractivity contribution in [3.05, 3.63) is 66.0 Å². The van der Waals surface area contributed by atoms with Gasteiger partial charge in [-0.2, -0.15) is 31.3 Å². The van der Waals surface area contributed by atoms with Gasteiger partial charge in [0.2, 0.25) is 11.8 Å². The number of amides is 1. The molecule has 2 heterocycles. The number of nitrogens with one attached hydrogen (secondary N) is 2. The fourth-order valence-corrected chi connectivity index (χ4v) is 4.62. The Kier molecular flexibility index (Phi) is 9.56. The molecule has 9 nitrogen and oxygen atoms in total. The number of halogens is 6. The number of para-hydroxylation sites is 1. The van der Waals surface area contributed by atoms with Gasteiger partial charge in [0.05, 0.1) is 18.3 Å². The van der Waals surface area contributed by atoms with E-state index in [2.05, 4.69) is 25.5 Å². The number of methoxy groups -OCH3 is 1. The molecular formula is C29H30F6N6O3. The molecule has 0 aliphatic carbocycles. The average molecular weight is 625 g/mol.